The van der Waals surface area contributed by atoms with E-state index in [1.54, 1.807) is 0 Å². The van der Waals surface area contributed by atoms with Crippen LogP contribution in [0.3, 0.4) is 0 Å². The summed E-state index contributed by atoms with van der Waals surface area (Å²) in [4.78, 5) is 19.0. The Morgan fingerprint density at radius 2 is 2.00 bits per heavy atom. The summed E-state index contributed by atoms with van der Waals surface area (Å²) in [5, 5.41) is 9.55. The summed E-state index contributed by atoms with van der Waals surface area (Å²) in [6.07, 6.45) is 3.61. The van der Waals surface area contributed by atoms with E-state index in [9.17, 15) is 4.79 Å². The number of halogens is 1. The zero-order valence-electron chi connectivity index (χ0n) is 18.6. The van der Waals surface area contributed by atoms with Crippen molar-refractivity contribution in [3.8, 4) is 0 Å². The van der Waals surface area contributed by atoms with Gasteiger partial charge in [0.2, 0.25) is 0 Å². The number of aliphatic imine (C=N–C) groups is 1. The highest BCUT2D eigenvalue weighted by Gasteiger charge is 2.20. The van der Waals surface area contributed by atoms with Crippen LogP contribution in [-0.4, -0.2) is 70.3 Å². The van der Waals surface area contributed by atoms with Crippen molar-refractivity contribution in [2.45, 2.75) is 32.7 Å². The van der Waals surface area contributed by atoms with E-state index < -0.39 is 0 Å². The van der Waals surface area contributed by atoms with Gasteiger partial charge in [-0.3, -0.25) is 4.79 Å². The molecule has 1 amide bonds. The van der Waals surface area contributed by atoms with Crippen LogP contribution in [0, 0.1) is 5.92 Å². The van der Waals surface area contributed by atoms with Crippen LogP contribution >= 0.6 is 24.0 Å². The molecule has 0 atom stereocenters. The van der Waals surface area contributed by atoms with E-state index in [1.807, 2.05) is 43.3 Å². The molecule has 1 aliphatic carbocycles. The van der Waals surface area contributed by atoms with Crippen molar-refractivity contribution in [2.24, 2.45) is 10.9 Å². The molecule has 170 valence electrons. The Labute approximate surface area is 198 Å². The van der Waals surface area contributed by atoms with Crippen molar-refractivity contribution in [3.05, 3.63) is 35.4 Å². The van der Waals surface area contributed by atoms with Crippen LogP contribution in [0.5, 0.6) is 0 Å². The van der Waals surface area contributed by atoms with Gasteiger partial charge in [-0.1, -0.05) is 12.1 Å². The zero-order chi connectivity index (χ0) is 20.9. The molecule has 1 aromatic rings. The second-order valence-corrected chi connectivity index (χ2v) is 7.75. The standard InChI is InChI=1S/C22H37N5O2.HI/c1-4-23-22(25-11-6-14-29-17-18-9-10-18)26-16-19-7-5-8-20(15-19)21(28)24-12-13-27(2)3;/h5,7-8,15,18H,4,6,9-14,16-17H2,1-3H3,(H,24,28)(H2,23,25,26);1H. The van der Waals surface area contributed by atoms with Gasteiger partial charge in [-0.15, -0.1) is 24.0 Å². The first-order chi connectivity index (χ1) is 14.1. The topological polar surface area (TPSA) is 78.0 Å². The maximum absolute atomic E-state index is 12.3. The van der Waals surface area contributed by atoms with Gasteiger partial charge in [0.25, 0.3) is 5.91 Å². The minimum Gasteiger partial charge on any atom is -0.381 e. The van der Waals surface area contributed by atoms with Gasteiger partial charge in [-0.25, -0.2) is 4.99 Å². The highest BCUT2D eigenvalue weighted by Crippen LogP contribution is 2.28. The third-order valence-corrected chi connectivity index (χ3v) is 4.61. The molecule has 0 bridgehead atoms. The molecule has 2 rings (SSSR count). The van der Waals surface area contributed by atoms with E-state index in [-0.39, 0.29) is 29.9 Å². The maximum Gasteiger partial charge on any atom is 0.251 e. The summed E-state index contributed by atoms with van der Waals surface area (Å²) >= 11 is 0. The van der Waals surface area contributed by atoms with Crippen LogP contribution in [0.25, 0.3) is 0 Å². The van der Waals surface area contributed by atoms with E-state index in [0.717, 1.165) is 56.7 Å². The van der Waals surface area contributed by atoms with Crippen LogP contribution in [0.15, 0.2) is 29.3 Å². The van der Waals surface area contributed by atoms with Crippen molar-refractivity contribution in [2.75, 3.05) is 53.5 Å². The molecule has 1 fully saturated rings. The number of hydrogen-bond donors (Lipinski definition) is 3. The number of carbonyl (C=O) groups is 1. The molecule has 8 heteroatoms. The summed E-state index contributed by atoms with van der Waals surface area (Å²) in [5.74, 6) is 1.55. The molecule has 30 heavy (non-hydrogen) atoms. The Balaban J connectivity index is 0.00000450. The molecule has 0 heterocycles. The number of likely N-dealkylation sites (N-methyl/N-ethyl adjacent to an activating group) is 1. The lowest BCUT2D eigenvalue weighted by molar-refractivity contribution is 0.0951. The number of guanidine groups is 1. The van der Waals surface area contributed by atoms with Gasteiger partial charge in [0, 0.05) is 45.0 Å². The fraction of sp³-hybridized carbons (Fsp3) is 0.636. The van der Waals surface area contributed by atoms with Gasteiger partial charge in [-0.2, -0.15) is 0 Å². The van der Waals surface area contributed by atoms with E-state index in [4.69, 9.17) is 4.74 Å². The van der Waals surface area contributed by atoms with Gasteiger partial charge >= 0.3 is 0 Å². The Kier molecular flexibility index (Phi) is 13.7. The quantitative estimate of drug-likeness (QED) is 0.158. The number of nitrogens with one attached hydrogen (secondary N) is 3. The van der Waals surface area contributed by atoms with Gasteiger partial charge < -0.3 is 25.6 Å². The van der Waals surface area contributed by atoms with Crippen molar-refractivity contribution in [1.29, 1.82) is 0 Å². The first-order valence-electron chi connectivity index (χ1n) is 10.7. The number of carbonyl (C=O) groups excluding carboxylic acids is 1. The fourth-order valence-electron chi connectivity index (χ4n) is 2.73. The van der Waals surface area contributed by atoms with Gasteiger partial charge in [0.1, 0.15) is 0 Å². The van der Waals surface area contributed by atoms with Gasteiger partial charge in [0.15, 0.2) is 5.96 Å². The van der Waals surface area contributed by atoms with E-state index in [2.05, 4.69) is 27.9 Å². The number of nitrogens with zero attached hydrogens (tertiary/aromatic N) is 2. The van der Waals surface area contributed by atoms with Crippen LogP contribution < -0.4 is 16.0 Å². The summed E-state index contributed by atoms with van der Waals surface area (Å²) in [6.45, 7) is 7.34. The van der Waals surface area contributed by atoms with Crippen LogP contribution in [0.2, 0.25) is 0 Å². The molecule has 0 aromatic heterocycles. The monoisotopic (exact) mass is 531 g/mol. The molecule has 0 radical (unpaired) electrons. The largest absolute Gasteiger partial charge is 0.381 e. The fourth-order valence-corrected chi connectivity index (χ4v) is 2.73. The SMILES string of the molecule is CCNC(=NCc1cccc(C(=O)NCCN(C)C)c1)NCCCOCC1CC1.I. The smallest absolute Gasteiger partial charge is 0.251 e. The maximum atomic E-state index is 12.3. The third kappa shape index (κ3) is 11.7. The van der Waals surface area contributed by atoms with E-state index >= 15 is 0 Å². The Bertz CT molecular complexity index is 650. The normalized spacial score (nSPS) is 13.7. The Hall–Kier alpha value is -1.39. The van der Waals surface area contributed by atoms with Gasteiger partial charge in [0.05, 0.1) is 6.54 Å². The van der Waals surface area contributed by atoms with E-state index in [0.29, 0.717) is 18.7 Å². The Morgan fingerprint density at radius 3 is 2.70 bits per heavy atom. The number of ether oxygens (including phenoxy) is 1. The summed E-state index contributed by atoms with van der Waals surface area (Å²) < 4.78 is 5.66. The van der Waals surface area contributed by atoms with Crippen LogP contribution in [-0.2, 0) is 11.3 Å². The number of rotatable bonds is 13. The number of benzene rings is 1. The average Bonchev–Trinajstić information content (AvgIpc) is 3.53. The predicted octanol–water partition coefficient (Wildman–Crippen LogP) is 2.47. The highest BCUT2D eigenvalue weighted by atomic mass is 127. The summed E-state index contributed by atoms with van der Waals surface area (Å²) in [6, 6.07) is 7.64. The lowest BCUT2D eigenvalue weighted by Gasteiger charge is -2.12. The minimum absolute atomic E-state index is 0. The molecule has 0 saturated heterocycles. The lowest BCUT2D eigenvalue weighted by Crippen LogP contribution is -2.38. The molecule has 1 aromatic carbocycles. The molecule has 0 unspecified atom stereocenters. The van der Waals surface area contributed by atoms with Crippen LogP contribution in [0.4, 0.5) is 0 Å². The zero-order valence-corrected chi connectivity index (χ0v) is 20.9. The molecule has 0 spiro atoms. The molecule has 0 aliphatic heterocycles. The molecule has 3 N–H and O–H groups in total. The molecule has 7 nitrogen and oxygen atoms in total. The van der Waals surface area contributed by atoms with Crippen molar-refractivity contribution >= 4 is 35.8 Å². The van der Waals surface area contributed by atoms with Crippen LogP contribution in [0.1, 0.15) is 42.1 Å². The molecule has 1 aliphatic rings. The molecular formula is C22H38IN5O2. The van der Waals surface area contributed by atoms with Crippen molar-refractivity contribution in [3.63, 3.8) is 0 Å². The first kappa shape index (κ1) is 26.6. The average molecular weight is 531 g/mol. The number of hydrogen-bond acceptors (Lipinski definition) is 4. The Morgan fingerprint density at radius 1 is 1.20 bits per heavy atom. The minimum atomic E-state index is -0.0473. The first-order valence-corrected chi connectivity index (χ1v) is 10.7. The summed E-state index contributed by atoms with van der Waals surface area (Å²) in [7, 11) is 3.98. The van der Waals surface area contributed by atoms with E-state index in [1.165, 1.54) is 12.8 Å². The number of amides is 1. The van der Waals surface area contributed by atoms with Gasteiger partial charge in [-0.05, 0) is 63.9 Å². The molecular weight excluding hydrogens is 493 g/mol. The lowest BCUT2D eigenvalue weighted by atomic mass is 10.1. The summed E-state index contributed by atoms with van der Waals surface area (Å²) in [5.41, 5.74) is 1.68. The second kappa shape index (κ2) is 15.4. The third-order valence-electron chi connectivity index (χ3n) is 4.61. The van der Waals surface area contributed by atoms with Crippen molar-refractivity contribution < 1.29 is 9.53 Å². The second-order valence-electron chi connectivity index (χ2n) is 7.75. The van der Waals surface area contributed by atoms with Crippen molar-refractivity contribution in [1.82, 2.24) is 20.9 Å². The predicted molar refractivity (Wildman–Crippen MR) is 134 cm³/mol. The molecule has 1 saturated carbocycles. The highest BCUT2D eigenvalue weighted by molar-refractivity contribution is 14.0.